The second-order valence-electron chi connectivity index (χ2n) is 18.7. The molecule has 3 aliphatic carbocycles. The van der Waals surface area contributed by atoms with Crippen LogP contribution in [0.25, 0.3) is 112 Å². The molecule has 304 valence electrons. The molecule has 3 aromatic heterocycles. The number of fused-ring (bicyclic) bond motifs is 14. The number of benzene rings is 8. The molecule has 3 heterocycles. The predicted octanol–water partition coefficient (Wildman–Crippen LogP) is 12.5. The number of furan rings is 1. The van der Waals surface area contributed by atoms with E-state index in [-0.39, 0.29) is 5.41 Å². The van der Waals surface area contributed by atoms with Gasteiger partial charge in [0, 0.05) is 54.1 Å². The van der Waals surface area contributed by atoms with Gasteiger partial charge < -0.3 is 13.6 Å². The summed E-state index contributed by atoms with van der Waals surface area (Å²) >= 11 is 0. The summed E-state index contributed by atoms with van der Waals surface area (Å²) in [6, 6.07) is 62.6. The van der Waals surface area contributed by atoms with Crippen molar-refractivity contribution in [2.75, 3.05) is 0 Å². The maximum atomic E-state index is 6.68. The van der Waals surface area contributed by atoms with Crippen LogP contribution >= 0.6 is 0 Å². The normalized spacial score (nSPS) is 17.1. The molecule has 0 fully saturated rings. The van der Waals surface area contributed by atoms with E-state index in [1.54, 1.807) is 0 Å². The fraction of sp³-hybridized carbons (Fsp3) is 0.115. The lowest BCUT2D eigenvalue weighted by atomic mass is 9.81. The lowest BCUT2D eigenvalue weighted by molar-refractivity contribution is 0.524. The second kappa shape index (κ2) is 13.2. The molecule has 0 saturated carbocycles. The molecule has 3 aliphatic rings. The van der Waals surface area contributed by atoms with Crippen molar-refractivity contribution in [1.29, 1.82) is 0 Å². The molecule has 2 atom stereocenters. The van der Waals surface area contributed by atoms with Gasteiger partial charge >= 0.3 is 0 Å². The summed E-state index contributed by atoms with van der Waals surface area (Å²) in [6.07, 6.45) is 12.0. The summed E-state index contributed by atoms with van der Waals surface area (Å²) in [7, 11) is 0. The van der Waals surface area contributed by atoms with Crippen LogP contribution in [0.5, 0.6) is 0 Å². The summed E-state index contributed by atoms with van der Waals surface area (Å²) in [6.45, 7) is 4.80. The van der Waals surface area contributed by atoms with Crippen LogP contribution in [0.15, 0.2) is 174 Å². The molecular weight excluding hydrogens is 777 g/mol. The molecule has 0 aliphatic heterocycles. The van der Waals surface area contributed by atoms with Gasteiger partial charge in [0.15, 0.2) is 0 Å². The monoisotopic (exact) mass is 820 g/mol. The van der Waals surface area contributed by atoms with E-state index in [2.05, 4.69) is 217 Å². The molecule has 3 heteroatoms. The highest BCUT2D eigenvalue weighted by molar-refractivity contribution is 6.11. The third kappa shape index (κ3) is 4.98. The average Bonchev–Trinajstić information content (AvgIpc) is 4.05. The van der Waals surface area contributed by atoms with Gasteiger partial charge in [0.1, 0.15) is 11.0 Å². The van der Waals surface area contributed by atoms with Gasteiger partial charge in [0.05, 0.1) is 16.6 Å². The first-order valence-electron chi connectivity index (χ1n) is 22.8. The Kier molecular flexibility index (Phi) is 7.41. The fourth-order valence-electron chi connectivity index (χ4n) is 12.0. The van der Waals surface area contributed by atoms with Crippen molar-refractivity contribution in [3.05, 3.63) is 202 Å². The van der Waals surface area contributed by atoms with Crippen LogP contribution in [0.4, 0.5) is 0 Å². The molecule has 0 spiro atoms. The molecule has 8 aromatic carbocycles. The molecule has 0 radical (unpaired) electrons. The van der Waals surface area contributed by atoms with E-state index in [1.165, 1.54) is 109 Å². The number of rotatable bonds is 4. The third-order valence-corrected chi connectivity index (χ3v) is 15.0. The molecular formula is C61H44N2O. The quantitative estimate of drug-likeness (QED) is 0.173. The summed E-state index contributed by atoms with van der Waals surface area (Å²) < 4.78 is 11.6. The topological polar surface area (TPSA) is 23.0 Å². The van der Waals surface area contributed by atoms with Crippen LogP contribution in [0.2, 0.25) is 0 Å². The van der Waals surface area contributed by atoms with Crippen molar-refractivity contribution < 1.29 is 4.42 Å². The van der Waals surface area contributed by atoms with E-state index in [0.29, 0.717) is 11.8 Å². The summed E-state index contributed by atoms with van der Waals surface area (Å²) in [5, 5.41) is 11.6. The maximum Gasteiger partial charge on any atom is 0.136 e. The van der Waals surface area contributed by atoms with Gasteiger partial charge in [0.25, 0.3) is 0 Å². The van der Waals surface area contributed by atoms with Crippen LogP contribution < -0.4 is 21.2 Å². The largest absolute Gasteiger partial charge is 0.456 e. The predicted molar refractivity (Wildman–Crippen MR) is 267 cm³/mol. The van der Waals surface area contributed by atoms with Crippen LogP contribution in [-0.2, 0) is 5.41 Å². The number of hydrogen-bond donors (Lipinski definition) is 0. The number of hydrogen-bond acceptors (Lipinski definition) is 1. The van der Waals surface area contributed by atoms with Crippen molar-refractivity contribution in [2.45, 2.75) is 32.1 Å². The zero-order valence-corrected chi connectivity index (χ0v) is 35.8. The smallest absolute Gasteiger partial charge is 0.136 e. The first-order valence-corrected chi connectivity index (χ1v) is 22.8. The number of nitrogens with zero attached hydrogens (tertiary/aromatic N) is 2. The Hall–Kier alpha value is -7.62. The minimum Gasteiger partial charge on any atom is -0.456 e. The summed E-state index contributed by atoms with van der Waals surface area (Å²) in [5.74, 6) is 0.660. The van der Waals surface area contributed by atoms with Gasteiger partial charge in [-0.05, 0) is 136 Å². The van der Waals surface area contributed by atoms with Crippen LogP contribution in [0.1, 0.15) is 37.8 Å². The molecule has 0 bridgehead atoms. The third-order valence-electron chi connectivity index (χ3n) is 15.0. The van der Waals surface area contributed by atoms with E-state index in [0.717, 1.165) is 23.8 Å². The Morgan fingerprint density at radius 2 is 1.20 bits per heavy atom. The Bertz CT molecular complexity index is 4050. The van der Waals surface area contributed by atoms with E-state index < -0.39 is 0 Å². The minimum atomic E-state index is -0.116. The first-order chi connectivity index (χ1) is 31.5. The van der Waals surface area contributed by atoms with Gasteiger partial charge in [-0.25, -0.2) is 0 Å². The Balaban J connectivity index is 0.936. The van der Waals surface area contributed by atoms with E-state index >= 15 is 0 Å². The molecule has 2 unspecified atom stereocenters. The molecule has 0 saturated heterocycles. The summed E-state index contributed by atoms with van der Waals surface area (Å²) in [5.41, 5.74) is 15.9. The van der Waals surface area contributed by atoms with Crippen molar-refractivity contribution in [3.8, 4) is 33.6 Å². The van der Waals surface area contributed by atoms with E-state index in [1.807, 2.05) is 0 Å². The van der Waals surface area contributed by atoms with Crippen LogP contribution in [0.3, 0.4) is 0 Å². The minimum absolute atomic E-state index is 0.116. The van der Waals surface area contributed by atoms with Gasteiger partial charge in [0.2, 0.25) is 0 Å². The van der Waals surface area contributed by atoms with E-state index in [9.17, 15) is 0 Å². The summed E-state index contributed by atoms with van der Waals surface area (Å²) in [4.78, 5) is 0. The molecule has 14 rings (SSSR count). The highest BCUT2D eigenvalue weighted by atomic mass is 16.3. The van der Waals surface area contributed by atoms with Crippen molar-refractivity contribution in [3.63, 3.8) is 0 Å². The zero-order valence-electron chi connectivity index (χ0n) is 35.8. The highest BCUT2D eigenvalue weighted by Gasteiger charge is 2.37. The molecule has 0 amide bonds. The Morgan fingerprint density at radius 3 is 2.03 bits per heavy atom. The van der Waals surface area contributed by atoms with Gasteiger partial charge in [-0.2, -0.15) is 0 Å². The van der Waals surface area contributed by atoms with Crippen molar-refractivity contribution >= 4 is 78.8 Å². The Labute approximate surface area is 370 Å². The fourth-order valence-corrected chi connectivity index (χ4v) is 12.0. The molecule has 3 nitrogen and oxygen atoms in total. The van der Waals surface area contributed by atoms with Gasteiger partial charge in [-0.15, -0.1) is 0 Å². The Morgan fingerprint density at radius 1 is 0.500 bits per heavy atom. The van der Waals surface area contributed by atoms with Crippen LogP contribution in [0, 0.1) is 11.8 Å². The van der Waals surface area contributed by atoms with Crippen molar-refractivity contribution in [1.82, 2.24) is 9.13 Å². The zero-order chi connectivity index (χ0) is 42.3. The standard InChI is InChI=1S/C61H44N2O/c1-61(2)51-28-24-37-14-9-10-19-43(37)59(51)49-35-48-47-32-38(25-29-55(47)63(56(48)36-52(49)61)42-17-7-4-8-18-42)39-27-31-57-50(33-39)60-44(21-13-23-58(60)64-57)40-26-30-54-46(34-40)45-20-11-12-22-53(45)62(54)41-15-5-3-6-16-41/h3-24,26,28-36,38-39H,25,27H2,1-2H3. The van der Waals surface area contributed by atoms with Gasteiger partial charge in [-0.1, -0.05) is 141 Å². The second-order valence-corrected chi connectivity index (χ2v) is 18.7. The first kappa shape index (κ1) is 35.9. The maximum absolute atomic E-state index is 6.68. The van der Waals surface area contributed by atoms with E-state index in [4.69, 9.17) is 4.42 Å². The SMILES string of the molecule is CC1(C)c2cc3c(cc2-c2c1ccc1ccccc21)c1c(n3-c2ccccc2)=CCC(C2C=c3c(oc4cccc(-c5ccc6c(c5)c5ccccc5n6-c5ccccc5)c34)=CC2)C=1. The number of aromatic nitrogens is 2. The highest BCUT2D eigenvalue weighted by Crippen LogP contribution is 2.52. The van der Waals surface area contributed by atoms with Crippen LogP contribution in [-0.4, -0.2) is 9.13 Å². The lowest BCUT2D eigenvalue weighted by Gasteiger charge is -2.22. The number of para-hydroxylation sites is 3. The molecule has 0 N–H and O–H groups in total. The lowest BCUT2D eigenvalue weighted by Crippen LogP contribution is -2.35. The van der Waals surface area contributed by atoms with Gasteiger partial charge in [-0.3, -0.25) is 0 Å². The average molecular weight is 821 g/mol. The molecule has 64 heavy (non-hydrogen) atoms. The molecule has 11 aromatic rings. The van der Waals surface area contributed by atoms with Crippen molar-refractivity contribution in [2.24, 2.45) is 11.8 Å².